The molecule has 2 N–H and O–H groups in total. The molecule has 1 aromatic heterocycles. The summed E-state index contributed by atoms with van der Waals surface area (Å²) in [5, 5.41) is 6.91. The van der Waals surface area contributed by atoms with E-state index in [9.17, 15) is 14.4 Å². The summed E-state index contributed by atoms with van der Waals surface area (Å²) >= 11 is 0. The van der Waals surface area contributed by atoms with Crippen molar-refractivity contribution in [2.24, 2.45) is 7.05 Å². The number of fused-ring (bicyclic) bond motifs is 2. The second kappa shape index (κ2) is 8.00. The summed E-state index contributed by atoms with van der Waals surface area (Å²) < 4.78 is 1.10. The van der Waals surface area contributed by atoms with Crippen molar-refractivity contribution in [2.45, 2.75) is 0 Å². The summed E-state index contributed by atoms with van der Waals surface area (Å²) in [5.41, 5.74) is 5.32. The van der Waals surface area contributed by atoms with Gasteiger partial charge in [0, 0.05) is 18.5 Å². The third-order valence-corrected chi connectivity index (χ3v) is 4.71. The van der Waals surface area contributed by atoms with Crippen LogP contribution in [0.3, 0.4) is 0 Å². The highest BCUT2D eigenvalue weighted by atomic mass is 16.2. The molecular weight excluding hydrogens is 380 g/mol. The zero-order valence-electron chi connectivity index (χ0n) is 16.1. The maximum atomic E-state index is 12.5. The van der Waals surface area contributed by atoms with Gasteiger partial charge in [0.2, 0.25) is 0 Å². The fraction of sp³-hybridized carbons (Fsp3) is 0.0435. The fourth-order valence-electron chi connectivity index (χ4n) is 3.25. The predicted octanol–water partition coefficient (Wildman–Crippen LogP) is 2.56. The molecule has 0 aliphatic carbocycles. The minimum atomic E-state index is -0.617. The van der Waals surface area contributed by atoms with Crippen LogP contribution in [0.25, 0.3) is 27.6 Å². The second-order valence-electron chi connectivity index (χ2n) is 6.67. The Bertz CT molecular complexity index is 1370. The number of nitrogens with zero attached hydrogens (tertiary/aromatic N) is 2. The van der Waals surface area contributed by atoms with Gasteiger partial charge in [-0.25, -0.2) is 4.68 Å². The highest BCUT2D eigenvalue weighted by Gasteiger charge is 2.15. The molecule has 30 heavy (non-hydrogen) atoms. The first-order valence-electron chi connectivity index (χ1n) is 9.27. The molecule has 2 amide bonds. The summed E-state index contributed by atoms with van der Waals surface area (Å²) in [6.45, 7) is 0. The number of rotatable bonds is 3. The van der Waals surface area contributed by atoms with Gasteiger partial charge in [-0.3, -0.25) is 25.2 Å². The Kier molecular flexibility index (Phi) is 5.09. The number of hydrazine groups is 1. The second-order valence-corrected chi connectivity index (χ2v) is 6.67. The van der Waals surface area contributed by atoms with Crippen LogP contribution in [0.15, 0.2) is 77.6 Å². The van der Waals surface area contributed by atoms with Gasteiger partial charge in [0.25, 0.3) is 17.4 Å². The Morgan fingerprint density at radius 3 is 2.33 bits per heavy atom. The van der Waals surface area contributed by atoms with E-state index in [0.717, 1.165) is 21.0 Å². The first-order chi connectivity index (χ1) is 14.5. The predicted molar refractivity (Wildman–Crippen MR) is 116 cm³/mol. The van der Waals surface area contributed by atoms with Crippen LogP contribution in [0, 0.1) is 0 Å². The van der Waals surface area contributed by atoms with E-state index in [1.165, 1.54) is 13.1 Å². The SMILES string of the molecule is Cn1nc(C(=O)NNC(=O)/C=C/c2cccc3ccccc23)c2ccccc2c1=O. The minimum Gasteiger partial charge on any atom is -0.268 e. The Morgan fingerprint density at radius 1 is 0.867 bits per heavy atom. The summed E-state index contributed by atoms with van der Waals surface area (Å²) in [6, 6.07) is 20.4. The lowest BCUT2D eigenvalue weighted by molar-refractivity contribution is -0.117. The van der Waals surface area contributed by atoms with Gasteiger partial charge in [-0.15, -0.1) is 0 Å². The van der Waals surface area contributed by atoms with Crippen molar-refractivity contribution in [3.05, 3.63) is 94.4 Å². The molecule has 4 aromatic rings. The molecule has 0 aliphatic rings. The Hall–Kier alpha value is -4.26. The first-order valence-corrected chi connectivity index (χ1v) is 9.27. The molecule has 7 nitrogen and oxygen atoms in total. The smallest absolute Gasteiger partial charge is 0.268 e. The van der Waals surface area contributed by atoms with Crippen LogP contribution in [0.4, 0.5) is 0 Å². The minimum absolute atomic E-state index is 0.0473. The van der Waals surface area contributed by atoms with Gasteiger partial charge < -0.3 is 0 Å². The van der Waals surface area contributed by atoms with Gasteiger partial charge in [-0.1, -0.05) is 60.7 Å². The van der Waals surface area contributed by atoms with E-state index in [1.807, 2.05) is 42.5 Å². The third kappa shape index (κ3) is 3.68. The third-order valence-electron chi connectivity index (χ3n) is 4.71. The van der Waals surface area contributed by atoms with E-state index in [4.69, 9.17) is 0 Å². The molecule has 0 spiro atoms. The molecule has 4 rings (SSSR count). The molecule has 0 bridgehead atoms. The van der Waals surface area contributed by atoms with Gasteiger partial charge in [-0.05, 0) is 28.5 Å². The van der Waals surface area contributed by atoms with Crippen molar-refractivity contribution in [1.82, 2.24) is 20.6 Å². The number of carbonyl (C=O) groups is 2. The van der Waals surface area contributed by atoms with Crippen molar-refractivity contribution in [3.8, 4) is 0 Å². The quantitative estimate of drug-likeness (QED) is 0.410. The van der Waals surface area contributed by atoms with E-state index in [-0.39, 0.29) is 11.3 Å². The van der Waals surface area contributed by atoms with E-state index < -0.39 is 11.8 Å². The average molecular weight is 398 g/mol. The molecule has 0 saturated heterocycles. The number of aryl methyl sites for hydroxylation is 1. The van der Waals surface area contributed by atoms with Crippen molar-refractivity contribution < 1.29 is 9.59 Å². The number of nitrogens with one attached hydrogen (secondary N) is 2. The standard InChI is InChI=1S/C23H18N4O3/c1-27-23(30)19-12-5-4-11-18(19)21(26-27)22(29)25-24-20(28)14-13-16-9-6-8-15-7-2-3-10-17(15)16/h2-14H,1H3,(H,24,28)(H,25,29)/b14-13+. The van der Waals surface area contributed by atoms with Crippen LogP contribution in [0.1, 0.15) is 16.1 Å². The number of benzene rings is 3. The maximum absolute atomic E-state index is 12.5. The molecule has 3 aromatic carbocycles. The molecule has 0 fully saturated rings. The molecule has 0 saturated carbocycles. The normalized spacial score (nSPS) is 11.1. The average Bonchev–Trinajstić information content (AvgIpc) is 2.78. The van der Waals surface area contributed by atoms with Gasteiger partial charge in [0.1, 0.15) is 0 Å². The zero-order chi connectivity index (χ0) is 21.1. The molecule has 0 aliphatic heterocycles. The Labute approximate surface area is 171 Å². The topological polar surface area (TPSA) is 93.1 Å². The summed E-state index contributed by atoms with van der Waals surface area (Å²) in [4.78, 5) is 36.9. The molecule has 0 radical (unpaired) electrons. The number of aromatic nitrogens is 2. The van der Waals surface area contributed by atoms with Gasteiger partial charge >= 0.3 is 0 Å². The van der Waals surface area contributed by atoms with E-state index >= 15 is 0 Å². The van der Waals surface area contributed by atoms with Gasteiger partial charge in [0.05, 0.1) is 5.39 Å². The van der Waals surface area contributed by atoms with Crippen LogP contribution < -0.4 is 16.4 Å². The lowest BCUT2D eigenvalue weighted by Gasteiger charge is -2.09. The highest BCUT2D eigenvalue weighted by Crippen LogP contribution is 2.19. The number of hydrogen-bond acceptors (Lipinski definition) is 4. The number of amides is 2. The Morgan fingerprint density at radius 2 is 1.53 bits per heavy atom. The van der Waals surface area contributed by atoms with Crippen molar-refractivity contribution in [2.75, 3.05) is 0 Å². The molecule has 0 atom stereocenters. The lowest BCUT2D eigenvalue weighted by Crippen LogP contribution is -2.42. The first kappa shape index (κ1) is 19.1. The number of hydrogen-bond donors (Lipinski definition) is 2. The molecular formula is C23H18N4O3. The summed E-state index contributed by atoms with van der Waals surface area (Å²) in [6.07, 6.45) is 3.03. The van der Waals surface area contributed by atoms with Crippen molar-refractivity contribution >= 4 is 39.4 Å². The lowest BCUT2D eigenvalue weighted by atomic mass is 10.0. The van der Waals surface area contributed by atoms with Gasteiger partial charge in [0.15, 0.2) is 5.69 Å². The van der Waals surface area contributed by atoms with Crippen LogP contribution in [0.2, 0.25) is 0 Å². The van der Waals surface area contributed by atoms with Crippen LogP contribution in [0.5, 0.6) is 0 Å². The van der Waals surface area contributed by atoms with Crippen LogP contribution in [-0.4, -0.2) is 21.6 Å². The molecule has 0 unspecified atom stereocenters. The monoisotopic (exact) mass is 398 g/mol. The molecule has 148 valence electrons. The van der Waals surface area contributed by atoms with E-state index in [0.29, 0.717) is 10.8 Å². The summed E-state index contributed by atoms with van der Waals surface area (Å²) in [7, 11) is 1.47. The van der Waals surface area contributed by atoms with Crippen molar-refractivity contribution in [3.63, 3.8) is 0 Å². The summed E-state index contributed by atoms with van der Waals surface area (Å²) in [5.74, 6) is -1.11. The van der Waals surface area contributed by atoms with Crippen LogP contribution in [-0.2, 0) is 11.8 Å². The fourth-order valence-corrected chi connectivity index (χ4v) is 3.25. The van der Waals surface area contributed by atoms with Gasteiger partial charge in [-0.2, -0.15) is 5.10 Å². The largest absolute Gasteiger partial charge is 0.290 e. The Balaban J connectivity index is 1.50. The molecule has 1 heterocycles. The van der Waals surface area contributed by atoms with E-state index in [1.54, 1.807) is 30.3 Å². The van der Waals surface area contributed by atoms with Crippen molar-refractivity contribution in [1.29, 1.82) is 0 Å². The van der Waals surface area contributed by atoms with E-state index in [2.05, 4.69) is 16.0 Å². The molecule has 7 heteroatoms. The highest BCUT2D eigenvalue weighted by molar-refractivity contribution is 6.06. The van der Waals surface area contributed by atoms with Crippen LogP contribution >= 0.6 is 0 Å². The maximum Gasteiger partial charge on any atom is 0.290 e. The number of carbonyl (C=O) groups excluding carboxylic acids is 2. The zero-order valence-corrected chi connectivity index (χ0v) is 16.1.